The molecule has 4 heteroatoms. The van der Waals surface area contributed by atoms with Crippen molar-refractivity contribution >= 4 is 60.9 Å². The molecular weight excluding hydrogens is 625 g/mol. The molecule has 8 aromatic carbocycles. The number of hydrogen-bond donors (Lipinski definition) is 0. The SMILES string of the molecule is c1ccc(-c2ccc(N(c3cccc(-c4ccc5ccccc5c4)c3)c3c4nc(-c5ccccc5)oc4cc4c3oc3ccccc34)cc2)cc1. The van der Waals surface area contributed by atoms with Gasteiger partial charge in [0.15, 0.2) is 11.2 Å². The average Bonchev–Trinajstić information content (AvgIpc) is 3.80. The van der Waals surface area contributed by atoms with Gasteiger partial charge in [-0.2, -0.15) is 0 Å². The Balaban J connectivity index is 1.24. The van der Waals surface area contributed by atoms with E-state index in [0.29, 0.717) is 11.5 Å². The van der Waals surface area contributed by atoms with Crippen molar-refractivity contribution < 1.29 is 8.83 Å². The molecule has 0 radical (unpaired) electrons. The Morgan fingerprint density at radius 2 is 1.04 bits per heavy atom. The first-order chi connectivity index (χ1) is 25.3. The second-order valence-corrected chi connectivity index (χ2v) is 12.8. The molecule has 2 aromatic heterocycles. The van der Waals surface area contributed by atoms with Gasteiger partial charge in [0.25, 0.3) is 0 Å². The number of fused-ring (bicyclic) bond motifs is 5. The van der Waals surface area contributed by atoms with Gasteiger partial charge in [0.05, 0.1) is 0 Å². The number of anilines is 3. The molecule has 0 saturated carbocycles. The van der Waals surface area contributed by atoms with Crippen molar-refractivity contribution in [2.24, 2.45) is 0 Å². The summed E-state index contributed by atoms with van der Waals surface area (Å²) in [5, 5.41) is 4.42. The van der Waals surface area contributed by atoms with Gasteiger partial charge in [-0.25, -0.2) is 4.98 Å². The van der Waals surface area contributed by atoms with Crippen molar-refractivity contribution in [3.8, 4) is 33.7 Å². The highest BCUT2D eigenvalue weighted by atomic mass is 16.4. The molecule has 0 atom stereocenters. The number of para-hydroxylation sites is 1. The van der Waals surface area contributed by atoms with Gasteiger partial charge in [-0.15, -0.1) is 0 Å². The average molecular weight is 655 g/mol. The standard InChI is InChI=1S/C47H30N2O2/c1-3-12-31(13-4-1)33-24-26-38(27-25-33)49(39-19-11-18-36(29-39)37-23-22-32-14-7-8-17-35(32)28-37)45-44-43(51-47(48-44)34-15-5-2-6-16-34)30-41-40-20-9-10-21-42(40)50-46(41)45/h1-30H. The van der Waals surface area contributed by atoms with Crippen LogP contribution >= 0.6 is 0 Å². The van der Waals surface area contributed by atoms with Gasteiger partial charge in [0.1, 0.15) is 16.8 Å². The largest absolute Gasteiger partial charge is 0.454 e. The summed E-state index contributed by atoms with van der Waals surface area (Å²) in [5.41, 5.74) is 11.2. The third-order valence-corrected chi connectivity index (χ3v) is 9.67. The van der Waals surface area contributed by atoms with E-state index in [1.807, 2.05) is 54.6 Å². The number of benzene rings is 8. The summed E-state index contributed by atoms with van der Waals surface area (Å²) in [6, 6.07) is 63.3. The van der Waals surface area contributed by atoms with Gasteiger partial charge in [-0.05, 0) is 87.6 Å². The van der Waals surface area contributed by atoms with Crippen molar-refractivity contribution in [1.82, 2.24) is 4.98 Å². The monoisotopic (exact) mass is 654 g/mol. The normalized spacial score (nSPS) is 11.5. The number of furan rings is 1. The predicted molar refractivity (Wildman–Crippen MR) is 210 cm³/mol. The van der Waals surface area contributed by atoms with E-state index in [4.69, 9.17) is 13.8 Å². The molecule has 0 aliphatic heterocycles. The molecule has 0 amide bonds. The van der Waals surface area contributed by atoms with Crippen LogP contribution in [0.15, 0.2) is 191 Å². The smallest absolute Gasteiger partial charge is 0.227 e. The number of oxazole rings is 1. The minimum absolute atomic E-state index is 0.563. The maximum absolute atomic E-state index is 6.76. The lowest BCUT2D eigenvalue weighted by atomic mass is 10.00. The van der Waals surface area contributed by atoms with Crippen LogP contribution < -0.4 is 4.90 Å². The zero-order chi connectivity index (χ0) is 33.7. The maximum Gasteiger partial charge on any atom is 0.227 e. The fourth-order valence-electron chi connectivity index (χ4n) is 7.17. The Morgan fingerprint density at radius 1 is 0.392 bits per heavy atom. The number of nitrogens with zero attached hydrogens (tertiary/aromatic N) is 2. The first-order valence-corrected chi connectivity index (χ1v) is 17.1. The summed E-state index contributed by atoms with van der Waals surface area (Å²) < 4.78 is 13.3. The van der Waals surface area contributed by atoms with Gasteiger partial charge >= 0.3 is 0 Å². The van der Waals surface area contributed by atoms with Crippen LogP contribution in [-0.2, 0) is 0 Å². The molecule has 4 nitrogen and oxygen atoms in total. The first-order valence-electron chi connectivity index (χ1n) is 17.1. The molecule has 0 aliphatic rings. The van der Waals surface area contributed by atoms with Gasteiger partial charge in [0.2, 0.25) is 5.89 Å². The molecular formula is C47H30N2O2. The van der Waals surface area contributed by atoms with E-state index in [0.717, 1.165) is 66.8 Å². The zero-order valence-electron chi connectivity index (χ0n) is 27.5. The highest BCUT2D eigenvalue weighted by molar-refractivity contribution is 6.17. The lowest BCUT2D eigenvalue weighted by Crippen LogP contribution is -2.11. The summed E-state index contributed by atoms with van der Waals surface area (Å²) in [6.45, 7) is 0. The molecule has 0 aliphatic carbocycles. The molecule has 51 heavy (non-hydrogen) atoms. The summed E-state index contributed by atoms with van der Waals surface area (Å²) in [4.78, 5) is 7.45. The van der Waals surface area contributed by atoms with Crippen LogP contribution in [0.25, 0.3) is 77.5 Å². The number of aromatic nitrogens is 1. The topological polar surface area (TPSA) is 42.4 Å². The quantitative estimate of drug-likeness (QED) is 0.179. The van der Waals surface area contributed by atoms with E-state index in [-0.39, 0.29) is 0 Å². The second kappa shape index (κ2) is 11.9. The first kappa shape index (κ1) is 29.0. The molecule has 0 saturated heterocycles. The van der Waals surface area contributed by atoms with Crippen LogP contribution in [0.3, 0.4) is 0 Å². The third-order valence-electron chi connectivity index (χ3n) is 9.67. The van der Waals surface area contributed by atoms with Crippen molar-refractivity contribution in [3.05, 3.63) is 182 Å². The van der Waals surface area contributed by atoms with E-state index in [9.17, 15) is 0 Å². The van der Waals surface area contributed by atoms with Gasteiger partial charge < -0.3 is 13.7 Å². The molecule has 0 bridgehead atoms. The van der Waals surface area contributed by atoms with Crippen LogP contribution in [0.5, 0.6) is 0 Å². The van der Waals surface area contributed by atoms with Gasteiger partial charge in [-0.3, -0.25) is 0 Å². The second-order valence-electron chi connectivity index (χ2n) is 12.8. The Labute approximate surface area is 294 Å². The van der Waals surface area contributed by atoms with E-state index >= 15 is 0 Å². The van der Waals surface area contributed by atoms with Crippen LogP contribution in [0.2, 0.25) is 0 Å². The molecule has 10 aromatic rings. The molecule has 240 valence electrons. The molecule has 0 N–H and O–H groups in total. The predicted octanol–water partition coefficient (Wildman–Crippen LogP) is 13.4. The fraction of sp³-hybridized carbons (Fsp3) is 0. The van der Waals surface area contributed by atoms with Crippen LogP contribution in [0.4, 0.5) is 17.1 Å². The summed E-state index contributed by atoms with van der Waals surface area (Å²) in [6.07, 6.45) is 0. The molecule has 0 unspecified atom stereocenters. The maximum atomic E-state index is 6.76. The minimum atomic E-state index is 0.563. The van der Waals surface area contributed by atoms with Crippen LogP contribution in [0.1, 0.15) is 0 Å². The minimum Gasteiger partial charge on any atom is -0.454 e. The Bertz CT molecular complexity index is 2850. The van der Waals surface area contributed by atoms with E-state index < -0.39 is 0 Å². The van der Waals surface area contributed by atoms with E-state index in [1.54, 1.807) is 0 Å². The van der Waals surface area contributed by atoms with Gasteiger partial charge in [-0.1, -0.05) is 127 Å². The lowest BCUT2D eigenvalue weighted by Gasteiger charge is -2.26. The van der Waals surface area contributed by atoms with E-state index in [1.165, 1.54) is 16.3 Å². The Morgan fingerprint density at radius 3 is 1.86 bits per heavy atom. The van der Waals surface area contributed by atoms with Crippen molar-refractivity contribution in [3.63, 3.8) is 0 Å². The lowest BCUT2D eigenvalue weighted by molar-refractivity contribution is 0.620. The van der Waals surface area contributed by atoms with Crippen LogP contribution in [-0.4, -0.2) is 4.98 Å². The molecule has 2 heterocycles. The van der Waals surface area contributed by atoms with E-state index in [2.05, 4.69) is 132 Å². The highest BCUT2D eigenvalue weighted by Gasteiger charge is 2.26. The third kappa shape index (κ3) is 5.04. The Kier molecular flexibility index (Phi) is 6.78. The summed E-state index contributed by atoms with van der Waals surface area (Å²) in [7, 11) is 0. The van der Waals surface area contributed by atoms with Crippen molar-refractivity contribution in [1.29, 1.82) is 0 Å². The molecule has 10 rings (SSSR count). The highest BCUT2D eigenvalue weighted by Crippen LogP contribution is 2.47. The summed E-state index contributed by atoms with van der Waals surface area (Å²) >= 11 is 0. The fourth-order valence-corrected chi connectivity index (χ4v) is 7.17. The molecule has 0 fully saturated rings. The van der Waals surface area contributed by atoms with Crippen LogP contribution in [0, 0.1) is 0 Å². The van der Waals surface area contributed by atoms with Gasteiger partial charge in [0, 0.05) is 27.7 Å². The zero-order valence-corrected chi connectivity index (χ0v) is 27.5. The van der Waals surface area contributed by atoms with Crippen molar-refractivity contribution in [2.75, 3.05) is 4.90 Å². The Hall–Kier alpha value is -6.91. The summed E-state index contributed by atoms with van der Waals surface area (Å²) in [5.74, 6) is 0.563. The number of hydrogen-bond acceptors (Lipinski definition) is 4. The molecule has 0 spiro atoms. The van der Waals surface area contributed by atoms with Crippen molar-refractivity contribution in [2.45, 2.75) is 0 Å². The number of rotatable bonds is 6.